The fourth-order valence-electron chi connectivity index (χ4n) is 1.26. The molecule has 1 heterocycles. The molecule has 0 aliphatic rings. The van der Waals surface area contributed by atoms with Gasteiger partial charge in [0.15, 0.2) is 0 Å². The first kappa shape index (κ1) is 10.8. The van der Waals surface area contributed by atoms with Crippen molar-refractivity contribution in [3.05, 3.63) is 18.3 Å². The molecule has 0 aliphatic carbocycles. The minimum atomic E-state index is 0.321. The fourth-order valence-corrected chi connectivity index (χ4v) is 1.26. The number of nitrogens with zero attached hydrogens (tertiary/aromatic N) is 2. The number of likely N-dealkylation sites (N-methyl/N-ethyl adjacent to an activating group) is 1. The Morgan fingerprint density at radius 1 is 1.64 bits per heavy atom. The summed E-state index contributed by atoms with van der Waals surface area (Å²) in [5.41, 5.74) is 6.66. The van der Waals surface area contributed by atoms with Crippen LogP contribution in [0.3, 0.4) is 0 Å². The maximum Gasteiger partial charge on any atom is 0.125 e. The van der Waals surface area contributed by atoms with Crippen molar-refractivity contribution < 1.29 is 4.74 Å². The zero-order chi connectivity index (χ0) is 10.6. The van der Waals surface area contributed by atoms with Crippen LogP contribution in [0.4, 0.5) is 11.5 Å². The average molecular weight is 195 g/mol. The SMILES string of the molecule is COCC(C)N(C)c1ccnc(N)c1. The predicted octanol–water partition coefficient (Wildman–Crippen LogP) is 1.13. The summed E-state index contributed by atoms with van der Waals surface area (Å²) < 4.78 is 5.09. The number of hydrogen-bond donors (Lipinski definition) is 1. The highest BCUT2D eigenvalue weighted by atomic mass is 16.5. The molecule has 0 spiro atoms. The van der Waals surface area contributed by atoms with Gasteiger partial charge in [-0.15, -0.1) is 0 Å². The summed E-state index contributed by atoms with van der Waals surface area (Å²) >= 11 is 0. The molecular weight excluding hydrogens is 178 g/mol. The van der Waals surface area contributed by atoms with E-state index in [1.54, 1.807) is 13.3 Å². The first-order valence-electron chi connectivity index (χ1n) is 4.58. The number of rotatable bonds is 4. The van der Waals surface area contributed by atoms with Gasteiger partial charge in [-0.1, -0.05) is 0 Å². The molecule has 0 aliphatic heterocycles. The molecule has 14 heavy (non-hydrogen) atoms. The number of pyridine rings is 1. The van der Waals surface area contributed by atoms with Crippen molar-refractivity contribution in [3.63, 3.8) is 0 Å². The highest BCUT2D eigenvalue weighted by Gasteiger charge is 2.09. The molecule has 0 bridgehead atoms. The second-order valence-electron chi connectivity index (χ2n) is 3.35. The molecule has 1 rings (SSSR count). The lowest BCUT2D eigenvalue weighted by Gasteiger charge is -2.26. The van der Waals surface area contributed by atoms with Crippen molar-refractivity contribution in [1.82, 2.24) is 4.98 Å². The summed E-state index contributed by atoms with van der Waals surface area (Å²) in [7, 11) is 3.71. The summed E-state index contributed by atoms with van der Waals surface area (Å²) in [6.45, 7) is 2.79. The summed E-state index contributed by atoms with van der Waals surface area (Å²) in [5.74, 6) is 0.541. The van der Waals surface area contributed by atoms with Crippen LogP contribution >= 0.6 is 0 Å². The average Bonchev–Trinajstić information content (AvgIpc) is 2.17. The Balaban J connectivity index is 2.73. The lowest BCUT2D eigenvalue weighted by Crippen LogP contribution is -2.32. The van der Waals surface area contributed by atoms with Crippen LogP contribution in [0.2, 0.25) is 0 Å². The Labute approximate surface area is 84.7 Å². The largest absolute Gasteiger partial charge is 0.384 e. The van der Waals surface area contributed by atoms with Crippen molar-refractivity contribution in [2.24, 2.45) is 0 Å². The molecule has 0 amide bonds. The lowest BCUT2D eigenvalue weighted by atomic mass is 10.2. The molecular formula is C10H17N3O. The van der Waals surface area contributed by atoms with Gasteiger partial charge in [0.1, 0.15) is 5.82 Å². The van der Waals surface area contributed by atoms with Crippen molar-refractivity contribution in [1.29, 1.82) is 0 Å². The molecule has 0 fully saturated rings. The molecule has 1 unspecified atom stereocenters. The van der Waals surface area contributed by atoms with Crippen LogP contribution < -0.4 is 10.6 Å². The number of ether oxygens (including phenoxy) is 1. The van der Waals surface area contributed by atoms with Gasteiger partial charge in [0.05, 0.1) is 6.61 Å². The van der Waals surface area contributed by atoms with E-state index in [-0.39, 0.29) is 0 Å². The van der Waals surface area contributed by atoms with E-state index in [1.807, 2.05) is 19.2 Å². The monoisotopic (exact) mass is 195 g/mol. The second kappa shape index (κ2) is 4.81. The van der Waals surface area contributed by atoms with Gasteiger partial charge in [-0.05, 0) is 13.0 Å². The quantitative estimate of drug-likeness (QED) is 0.782. The Morgan fingerprint density at radius 2 is 2.36 bits per heavy atom. The van der Waals surface area contributed by atoms with E-state index in [0.717, 1.165) is 5.69 Å². The Morgan fingerprint density at radius 3 is 2.93 bits per heavy atom. The van der Waals surface area contributed by atoms with E-state index in [1.165, 1.54) is 0 Å². The van der Waals surface area contributed by atoms with Gasteiger partial charge in [0.25, 0.3) is 0 Å². The van der Waals surface area contributed by atoms with E-state index in [4.69, 9.17) is 10.5 Å². The van der Waals surface area contributed by atoms with E-state index >= 15 is 0 Å². The molecule has 0 saturated heterocycles. The fraction of sp³-hybridized carbons (Fsp3) is 0.500. The van der Waals surface area contributed by atoms with Gasteiger partial charge in [0, 0.05) is 38.1 Å². The maximum absolute atomic E-state index is 5.60. The zero-order valence-electron chi connectivity index (χ0n) is 8.90. The Hall–Kier alpha value is -1.29. The van der Waals surface area contributed by atoms with Gasteiger partial charge in [0.2, 0.25) is 0 Å². The molecule has 2 N–H and O–H groups in total. The molecule has 1 atom stereocenters. The maximum atomic E-state index is 5.60. The highest BCUT2D eigenvalue weighted by Crippen LogP contribution is 2.16. The van der Waals surface area contributed by atoms with Crippen molar-refractivity contribution in [3.8, 4) is 0 Å². The second-order valence-corrected chi connectivity index (χ2v) is 3.35. The van der Waals surface area contributed by atoms with Crippen LogP contribution in [0.1, 0.15) is 6.92 Å². The van der Waals surface area contributed by atoms with E-state index in [9.17, 15) is 0 Å². The van der Waals surface area contributed by atoms with Crippen LogP contribution in [-0.4, -0.2) is 31.8 Å². The minimum absolute atomic E-state index is 0.321. The number of anilines is 2. The molecule has 4 nitrogen and oxygen atoms in total. The van der Waals surface area contributed by atoms with Crippen LogP contribution in [0, 0.1) is 0 Å². The van der Waals surface area contributed by atoms with Gasteiger partial charge >= 0.3 is 0 Å². The molecule has 78 valence electrons. The molecule has 1 aromatic heterocycles. The van der Waals surface area contributed by atoms with Crippen molar-refractivity contribution in [2.45, 2.75) is 13.0 Å². The number of methoxy groups -OCH3 is 1. The number of nitrogens with two attached hydrogens (primary N) is 1. The number of aromatic nitrogens is 1. The minimum Gasteiger partial charge on any atom is -0.384 e. The number of nitrogen functional groups attached to an aromatic ring is 1. The normalized spacial score (nSPS) is 12.5. The molecule has 0 radical (unpaired) electrons. The Kier molecular flexibility index (Phi) is 3.71. The zero-order valence-corrected chi connectivity index (χ0v) is 8.90. The summed E-state index contributed by atoms with van der Waals surface area (Å²) in [6.07, 6.45) is 1.71. The predicted molar refractivity (Wildman–Crippen MR) is 58.4 cm³/mol. The summed E-state index contributed by atoms with van der Waals surface area (Å²) in [6, 6.07) is 4.11. The third-order valence-corrected chi connectivity index (χ3v) is 2.24. The third-order valence-electron chi connectivity index (χ3n) is 2.24. The van der Waals surface area contributed by atoms with E-state index < -0.39 is 0 Å². The van der Waals surface area contributed by atoms with Crippen LogP contribution in [0.15, 0.2) is 18.3 Å². The molecule has 0 saturated carbocycles. The highest BCUT2D eigenvalue weighted by molar-refractivity contribution is 5.52. The first-order valence-corrected chi connectivity index (χ1v) is 4.58. The van der Waals surface area contributed by atoms with Gasteiger partial charge in [-0.2, -0.15) is 0 Å². The topological polar surface area (TPSA) is 51.4 Å². The lowest BCUT2D eigenvalue weighted by molar-refractivity contribution is 0.183. The van der Waals surface area contributed by atoms with Crippen LogP contribution in [0.25, 0.3) is 0 Å². The number of hydrogen-bond acceptors (Lipinski definition) is 4. The van der Waals surface area contributed by atoms with Gasteiger partial charge in [-0.3, -0.25) is 0 Å². The smallest absolute Gasteiger partial charge is 0.125 e. The summed E-state index contributed by atoms with van der Waals surface area (Å²) in [5, 5.41) is 0. The van der Waals surface area contributed by atoms with Gasteiger partial charge in [-0.25, -0.2) is 4.98 Å². The van der Waals surface area contributed by atoms with E-state index in [0.29, 0.717) is 18.5 Å². The van der Waals surface area contributed by atoms with Crippen molar-refractivity contribution >= 4 is 11.5 Å². The summed E-state index contributed by atoms with van der Waals surface area (Å²) in [4.78, 5) is 6.06. The van der Waals surface area contributed by atoms with Crippen molar-refractivity contribution in [2.75, 3.05) is 31.4 Å². The third kappa shape index (κ3) is 2.60. The molecule has 1 aromatic rings. The van der Waals surface area contributed by atoms with E-state index in [2.05, 4.69) is 16.8 Å². The standard InChI is InChI=1S/C10H17N3O/c1-8(7-14-3)13(2)9-4-5-12-10(11)6-9/h4-6,8H,7H2,1-3H3,(H2,11,12). The Bertz CT molecular complexity index is 290. The molecule has 4 heteroatoms. The molecule has 0 aromatic carbocycles. The van der Waals surface area contributed by atoms with Gasteiger partial charge < -0.3 is 15.4 Å². The van der Waals surface area contributed by atoms with Crippen LogP contribution in [-0.2, 0) is 4.74 Å². The first-order chi connectivity index (χ1) is 6.65. The van der Waals surface area contributed by atoms with Crippen LogP contribution in [0.5, 0.6) is 0 Å².